The van der Waals surface area contributed by atoms with Gasteiger partial charge < -0.3 is 5.73 Å². The second-order valence-electron chi connectivity index (χ2n) is 2.35. The molecule has 1 aromatic rings. The van der Waals surface area contributed by atoms with Gasteiger partial charge in [0.15, 0.2) is 5.82 Å². The summed E-state index contributed by atoms with van der Waals surface area (Å²) >= 11 is 0. The van der Waals surface area contributed by atoms with Crippen molar-refractivity contribution in [3.05, 3.63) is 23.3 Å². The van der Waals surface area contributed by atoms with Crippen LogP contribution in [0.5, 0.6) is 0 Å². The van der Waals surface area contributed by atoms with Crippen molar-refractivity contribution >= 4 is 5.69 Å². The molecule has 0 spiro atoms. The predicted octanol–water partition coefficient (Wildman–Crippen LogP) is 2.05. The number of aromatic nitrogens is 1. The van der Waals surface area contributed by atoms with Crippen LogP contribution < -0.4 is 5.73 Å². The number of aryl methyl sites for hydroxylation is 1. The topological polar surface area (TPSA) is 38.9 Å². The maximum absolute atomic E-state index is 12.9. The van der Waals surface area contributed by atoms with Crippen molar-refractivity contribution < 1.29 is 13.2 Å². The molecule has 0 fully saturated rings. The van der Waals surface area contributed by atoms with Crippen LogP contribution >= 0.6 is 0 Å². The highest BCUT2D eigenvalue weighted by Gasteiger charge is 2.17. The Kier molecular flexibility index (Phi) is 2.21. The van der Waals surface area contributed by atoms with Gasteiger partial charge in [-0.15, -0.1) is 0 Å². The fraction of sp³-hybridized carbons (Fsp3) is 0.286. The molecule has 2 N–H and O–H groups in total. The van der Waals surface area contributed by atoms with Gasteiger partial charge in [0, 0.05) is 11.8 Å². The monoisotopic (exact) mass is 176 g/mol. The number of hydrogen-bond donors (Lipinski definition) is 1. The Morgan fingerprint density at radius 2 is 2.08 bits per heavy atom. The summed E-state index contributed by atoms with van der Waals surface area (Å²) in [5.74, 6) is -0.819. The Bertz CT molecular complexity index is 299. The summed E-state index contributed by atoms with van der Waals surface area (Å²) in [6.07, 6.45) is -1.80. The highest BCUT2D eigenvalue weighted by molar-refractivity contribution is 5.46. The summed E-state index contributed by atoms with van der Waals surface area (Å²) < 4.78 is 36.9. The van der Waals surface area contributed by atoms with E-state index in [0.717, 1.165) is 6.20 Å². The molecular weight excluding hydrogens is 169 g/mol. The first-order chi connectivity index (χ1) is 5.54. The molecule has 0 amide bonds. The number of nitrogens with zero attached hydrogens (tertiary/aromatic N) is 1. The second-order valence-corrected chi connectivity index (χ2v) is 2.35. The third-order valence-electron chi connectivity index (χ3n) is 1.46. The van der Waals surface area contributed by atoms with Crippen LogP contribution in [0.15, 0.2) is 6.20 Å². The minimum absolute atomic E-state index is 0.164. The van der Waals surface area contributed by atoms with Crippen molar-refractivity contribution in [2.24, 2.45) is 0 Å². The van der Waals surface area contributed by atoms with Gasteiger partial charge in [-0.05, 0) is 6.92 Å². The molecule has 0 unspecified atom stereocenters. The molecule has 0 atom stereocenters. The van der Waals surface area contributed by atoms with E-state index in [-0.39, 0.29) is 5.56 Å². The highest BCUT2D eigenvalue weighted by Crippen LogP contribution is 2.25. The molecule has 12 heavy (non-hydrogen) atoms. The van der Waals surface area contributed by atoms with Crippen molar-refractivity contribution in [3.63, 3.8) is 0 Å². The zero-order valence-electron chi connectivity index (χ0n) is 6.31. The largest absolute Gasteiger partial charge is 0.395 e. The summed E-state index contributed by atoms with van der Waals surface area (Å²) in [6, 6.07) is 0. The zero-order valence-corrected chi connectivity index (χ0v) is 6.31. The Balaban J connectivity index is 3.27. The normalized spacial score (nSPS) is 10.8. The zero-order chi connectivity index (χ0) is 9.30. The van der Waals surface area contributed by atoms with Crippen LogP contribution in [0.2, 0.25) is 0 Å². The number of alkyl halides is 2. The van der Waals surface area contributed by atoms with Crippen LogP contribution in [0.3, 0.4) is 0 Å². The van der Waals surface area contributed by atoms with Crippen molar-refractivity contribution in [1.82, 2.24) is 4.98 Å². The lowest BCUT2D eigenvalue weighted by molar-refractivity contribution is 0.146. The van der Waals surface area contributed by atoms with Gasteiger partial charge in [0.05, 0.1) is 5.69 Å². The van der Waals surface area contributed by atoms with Crippen LogP contribution in [0.25, 0.3) is 0 Å². The van der Waals surface area contributed by atoms with Crippen molar-refractivity contribution in [1.29, 1.82) is 0 Å². The number of nitrogens with two attached hydrogens (primary N) is 1. The Morgan fingerprint density at radius 3 is 2.58 bits per heavy atom. The minimum atomic E-state index is -2.83. The van der Waals surface area contributed by atoms with Crippen LogP contribution in [-0.2, 0) is 0 Å². The van der Waals surface area contributed by atoms with Crippen LogP contribution in [0.1, 0.15) is 17.7 Å². The number of pyridine rings is 1. The molecule has 66 valence electrons. The van der Waals surface area contributed by atoms with E-state index in [9.17, 15) is 13.2 Å². The highest BCUT2D eigenvalue weighted by atomic mass is 19.3. The molecule has 5 heteroatoms. The molecule has 2 nitrogen and oxygen atoms in total. The third-order valence-corrected chi connectivity index (χ3v) is 1.46. The van der Waals surface area contributed by atoms with E-state index in [2.05, 4.69) is 4.98 Å². The molecule has 1 rings (SSSR count). The summed E-state index contributed by atoms with van der Waals surface area (Å²) in [7, 11) is 0. The van der Waals surface area contributed by atoms with Crippen molar-refractivity contribution in [2.45, 2.75) is 13.3 Å². The molecule has 0 aromatic carbocycles. The molecule has 1 aromatic heterocycles. The molecule has 0 bridgehead atoms. The smallest absolute Gasteiger partial charge is 0.282 e. The molecule has 0 aliphatic heterocycles. The van der Waals surface area contributed by atoms with E-state index < -0.39 is 23.6 Å². The molecule has 0 radical (unpaired) electrons. The first-order valence-electron chi connectivity index (χ1n) is 3.22. The van der Waals surface area contributed by atoms with Gasteiger partial charge in [0.25, 0.3) is 6.43 Å². The van der Waals surface area contributed by atoms with E-state index in [1.807, 2.05) is 0 Å². The van der Waals surface area contributed by atoms with Crippen LogP contribution in [-0.4, -0.2) is 4.98 Å². The summed E-state index contributed by atoms with van der Waals surface area (Å²) in [4.78, 5) is 3.32. The third kappa shape index (κ3) is 1.34. The van der Waals surface area contributed by atoms with Gasteiger partial charge in [-0.2, -0.15) is 0 Å². The average molecular weight is 176 g/mol. The quantitative estimate of drug-likeness (QED) is 0.711. The molecule has 0 aliphatic carbocycles. The lowest BCUT2D eigenvalue weighted by Crippen LogP contribution is -2.03. The Labute approximate surface area is 67.2 Å². The molecule has 0 saturated carbocycles. The summed E-state index contributed by atoms with van der Waals surface area (Å²) in [5, 5.41) is 0. The molecule has 1 heterocycles. The number of nitrogen functional groups attached to an aromatic ring is 1. The van der Waals surface area contributed by atoms with Crippen molar-refractivity contribution in [2.75, 3.05) is 5.73 Å². The molecule has 0 aliphatic rings. The molecule has 0 saturated heterocycles. The van der Waals surface area contributed by atoms with Gasteiger partial charge in [-0.1, -0.05) is 0 Å². The van der Waals surface area contributed by atoms with E-state index in [1.165, 1.54) is 6.92 Å². The number of anilines is 1. The minimum Gasteiger partial charge on any atom is -0.395 e. The first-order valence-corrected chi connectivity index (χ1v) is 3.22. The molecular formula is C7H7F3N2. The van der Waals surface area contributed by atoms with Gasteiger partial charge in [-0.25, -0.2) is 13.2 Å². The van der Waals surface area contributed by atoms with Crippen molar-refractivity contribution in [3.8, 4) is 0 Å². The lowest BCUT2D eigenvalue weighted by atomic mass is 10.2. The van der Waals surface area contributed by atoms with E-state index in [1.54, 1.807) is 0 Å². The standard InChI is InChI=1S/C7H7F3N2/c1-3-2-12-6(7(9)10)5(11)4(3)8/h2,7H,11H2,1H3. The average Bonchev–Trinajstić information content (AvgIpc) is 2.00. The van der Waals surface area contributed by atoms with E-state index >= 15 is 0 Å². The fourth-order valence-corrected chi connectivity index (χ4v) is 0.791. The van der Waals surface area contributed by atoms with Crippen LogP contribution in [0.4, 0.5) is 18.9 Å². The first kappa shape index (κ1) is 8.83. The van der Waals surface area contributed by atoms with Gasteiger partial charge in [0.1, 0.15) is 5.69 Å². The van der Waals surface area contributed by atoms with E-state index in [4.69, 9.17) is 5.73 Å². The second kappa shape index (κ2) is 3.00. The Hall–Kier alpha value is -1.26. The van der Waals surface area contributed by atoms with Gasteiger partial charge >= 0.3 is 0 Å². The Morgan fingerprint density at radius 1 is 1.50 bits per heavy atom. The van der Waals surface area contributed by atoms with Crippen LogP contribution in [0, 0.1) is 12.7 Å². The summed E-state index contributed by atoms with van der Waals surface area (Å²) in [5.41, 5.74) is 3.97. The predicted molar refractivity (Wildman–Crippen MR) is 38.3 cm³/mol. The summed E-state index contributed by atoms with van der Waals surface area (Å²) in [6.45, 7) is 1.41. The number of rotatable bonds is 1. The maximum atomic E-state index is 12.9. The SMILES string of the molecule is Cc1cnc(C(F)F)c(N)c1F. The number of hydrogen-bond acceptors (Lipinski definition) is 2. The van der Waals surface area contributed by atoms with Gasteiger partial charge in [-0.3, -0.25) is 4.98 Å². The van der Waals surface area contributed by atoms with E-state index in [0.29, 0.717) is 0 Å². The fourth-order valence-electron chi connectivity index (χ4n) is 0.791. The maximum Gasteiger partial charge on any atom is 0.282 e. The number of halogens is 3. The van der Waals surface area contributed by atoms with Gasteiger partial charge in [0.2, 0.25) is 0 Å². The lowest BCUT2D eigenvalue weighted by Gasteiger charge is -2.05.